The fourth-order valence-electron chi connectivity index (χ4n) is 1.92. The number of nitrogens with one attached hydrogen (secondary N) is 1. The zero-order chi connectivity index (χ0) is 16.5. The topological polar surface area (TPSA) is 95.9 Å². The second kappa shape index (κ2) is 9.20. The van der Waals surface area contributed by atoms with E-state index in [0.29, 0.717) is 25.8 Å². The van der Waals surface area contributed by atoms with Crippen molar-refractivity contribution >= 4 is 18.0 Å². The second-order valence-corrected chi connectivity index (χ2v) is 5.04. The lowest BCUT2D eigenvalue weighted by molar-refractivity contribution is -0.144. The number of aliphatic carboxylic acids is 1. The van der Waals surface area contributed by atoms with Gasteiger partial charge in [0.1, 0.15) is 12.1 Å². The van der Waals surface area contributed by atoms with Crippen molar-refractivity contribution in [1.82, 2.24) is 10.2 Å². The van der Waals surface area contributed by atoms with Gasteiger partial charge < -0.3 is 20.1 Å². The maximum Gasteiger partial charge on any atom is 0.329 e. The Balaban J connectivity index is 4.87. The summed E-state index contributed by atoms with van der Waals surface area (Å²) in [6.07, 6.45) is 1.59. The molecule has 2 amide bonds. The SMILES string of the molecule is CCCN(CC(=O)OCC)C(=O)NC(C)(CCC)C(=O)O. The van der Waals surface area contributed by atoms with Crippen LogP contribution >= 0.6 is 0 Å². The first-order valence-corrected chi connectivity index (χ1v) is 7.26. The molecule has 0 aromatic rings. The zero-order valence-electron chi connectivity index (χ0n) is 13.3. The number of esters is 1. The van der Waals surface area contributed by atoms with Crippen LogP contribution < -0.4 is 5.32 Å². The van der Waals surface area contributed by atoms with Gasteiger partial charge in [-0.05, 0) is 26.7 Å². The van der Waals surface area contributed by atoms with E-state index in [1.54, 1.807) is 6.92 Å². The van der Waals surface area contributed by atoms with Crippen molar-refractivity contribution in [1.29, 1.82) is 0 Å². The molecule has 0 spiro atoms. The largest absolute Gasteiger partial charge is 0.480 e. The summed E-state index contributed by atoms with van der Waals surface area (Å²) >= 11 is 0. The van der Waals surface area contributed by atoms with Gasteiger partial charge in [-0.3, -0.25) is 4.79 Å². The highest BCUT2D eigenvalue weighted by Crippen LogP contribution is 2.13. The summed E-state index contributed by atoms with van der Waals surface area (Å²) in [5.41, 5.74) is -1.34. The van der Waals surface area contributed by atoms with Crippen molar-refractivity contribution in [3.8, 4) is 0 Å². The van der Waals surface area contributed by atoms with E-state index in [4.69, 9.17) is 4.74 Å². The molecular formula is C14H26N2O5. The average Bonchev–Trinajstić information content (AvgIpc) is 2.38. The fraction of sp³-hybridized carbons (Fsp3) is 0.786. The van der Waals surface area contributed by atoms with Crippen molar-refractivity contribution in [2.24, 2.45) is 0 Å². The van der Waals surface area contributed by atoms with Crippen molar-refractivity contribution in [3.63, 3.8) is 0 Å². The molecule has 1 unspecified atom stereocenters. The molecule has 0 aromatic carbocycles. The van der Waals surface area contributed by atoms with Crippen LogP contribution in [0.15, 0.2) is 0 Å². The maximum atomic E-state index is 12.2. The van der Waals surface area contributed by atoms with Crippen LogP contribution in [-0.2, 0) is 14.3 Å². The Bertz CT molecular complexity index is 372. The Kier molecular flexibility index (Phi) is 8.42. The van der Waals surface area contributed by atoms with Gasteiger partial charge in [-0.1, -0.05) is 20.3 Å². The molecule has 1 atom stereocenters. The number of carbonyl (C=O) groups excluding carboxylic acids is 2. The van der Waals surface area contributed by atoms with Gasteiger partial charge in [-0.2, -0.15) is 0 Å². The highest BCUT2D eigenvalue weighted by atomic mass is 16.5. The number of hydrogen-bond acceptors (Lipinski definition) is 4. The molecule has 2 N–H and O–H groups in total. The standard InChI is InChI=1S/C14H26N2O5/c1-5-8-14(4,12(18)19)15-13(20)16(9-6-2)10-11(17)21-7-3/h5-10H2,1-4H3,(H,15,20)(H,18,19). The van der Waals surface area contributed by atoms with E-state index in [-0.39, 0.29) is 13.2 Å². The van der Waals surface area contributed by atoms with Crippen molar-refractivity contribution in [2.45, 2.75) is 52.5 Å². The molecule has 0 saturated heterocycles. The Morgan fingerprint density at radius 1 is 1.19 bits per heavy atom. The first-order chi connectivity index (χ1) is 9.80. The summed E-state index contributed by atoms with van der Waals surface area (Å²) in [6, 6.07) is -0.566. The van der Waals surface area contributed by atoms with Gasteiger partial charge in [0.15, 0.2) is 0 Å². The molecule has 0 saturated carbocycles. The number of carbonyl (C=O) groups is 3. The quantitative estimate of drug-likeness (QED) is 0.631. The summed E-state index contributed by atoms with van der Waals surface area (Å²) in [4.78, 5) is 36.3. The van der Waals surface area contributed by atoms with E-state index in [0.717, 1.165) is 0 Å². The third kappa shape index (κ3) is 6.46. The Morgan fingerprint density at radius 3 is 2.24 bits per heavy atom. The van der Waals surface area contributed by atoms with Crippen LogP contribution in [-0.4, -0.2) is 53.2 Å². The maximum absolute atomic E-state index is 12.2. The van der Waals surface area contributed by atoms with Gasteiger partial charge in [0.2, 0.25) is 0 Å². The highest BCUT2D eigenvalue weighted by Gasteiger charge is 2.35. The van der Waals surface area contributed by atoms with Crippen LogP contribution in [0.3, 0.4) is 0 Å². The molecular weight excluding hydrogens is 276 g/mol. The van der Waals surface area contributed by atoms with Crippen LogP contribution in [0.25, 0.3) is 0 Å². The van der Waals surface area contributed by atoms with E-state index >= 15 is 0 Å². The molecule has 0 aliphatic carbocycles. The Labute approximate surface area is 125 Å². The predicted molar refractivity (Wildman–Crippen MR) is 78.0 cm³/mol. The zero-order valence-corrected chi connectivity index (χ0v) is 13.3. The van der Waals surface area contributed by atoms with Gasteiger partial charge in [0.05, 0.1) is 6.61 Å². The Morgan fingerprint density at radius 2 is 1.81 bits per heavy atom. The number of carboxylic acids is 1. The van der Waals surface area contributed by atoms with Crippen LogP contribution in [0.5, 0.6) is 0 Å². The lowest BCUT2D eigenvalue weighted by Crippen LogP contribution is -2.56. The molecule has 0 aliphatic heterocycles. The van der Waals surface area contributed by atoms with Crippen LogP contribution in [0, 0.1) is 0 Å². The van der Waals surface area contributed by atoms with Crippen LogP contribution in [0.1, 0.15) is 47.0 Å². The van der Waals surface area contributed by atoms with Gasteiger partial charge >= 0.3 is 18.0 Å². The number of rotatable bonds is 9. The highest BCUT2D eigenvalue weighted by molar-refractivity contribution is 5.87. The monoisotopic (exact) mass is 302 g/mol. The number of nitrogens with zero attached hydrogens (tertiary/aromatic N) is 1. The van der Waals surface area contributed by atoms with Crippen LogP contribution in [0.4, 0.5) is 4.79 Å². The van der Waals surface area contributed by atoms with Crippen molar-refractivity contribution in [2.75, 3.05) is 19.7 Å². The Hall–Kier alpha value is -1.79. The number of urea groups is 1. The van der Waals surface area contributed by atoms with Gasteiger partial charge in [0.25, 0.3) is 0 Å². The molecule has 122 valence electrons. The third-order valence-electron chi connectivity index (χ3n) is 3.01. The molecule has 0 heterocycles. The summed E-state index contributed by atoms with van der Waals surface area (Å²) in [5.74, 6) is -1.60. The minimum Gasteiger partial charge on any atom is -0.480 e. The molecule has 7 nitrogen and oxygen atoms in total. The molecule has 0 aliphatic rings. The normalized spacial score (nSPS) is 13.1. The lowest BCUT2D eigenvalue weighted by Gasteiger charge is -2.30. The molecule has 7 heteroatoms. The fourth-order valence-corrected chi connectivity index (χ4v) is 1.92. The minimum absolute atomic E-state index is 0.185. The summed E-state index contributed by atoms with van der Waals surface area (Å²) in [7, 11) is 0. The molecule has 0 fully saturated rings. The molecule has 0 bridgehead atoms. The van der Waals surface area contributed by atoms with E-state index in [1.165, 1.54) is 11.8 Å². The van der Waals surface area contributed by atoms with E-state index < -0.39 is 23.5 Å². The first-order valence-electron chi connectivity index (χ1n) is 7.26. The molecule has 21 heavy (non-hydrogen) atoms. The predicted octanol–water partition coefficient (Wildman–Crippen LogP) is 1.61. The molecule has 0 radical (unpaired) electrons. The van der Waals surface area contributed by atoms with Gasteiger partial charge in [0, 0.05) is 6.54 Å². The third-order valence-corrected chi connectivity index (χ3v) is 3.01. The van der Waals surface area contributed by atoms with E-state index in [9.17, 15) is 19.5 Å². The number of hydrogen-bond donors (Lipinski definition) is 2. The van der Waals surface area contributed by atoms with Crippen molar-refractivity contribution < 1.29 is 24.2 Å². The van der Waals surface area contributed by atoms with Crippen molar-refractivity contribution in [3.05, 3.63) is 0 Å². The first kappa shape index (κ1) is 19.2. The lowest BCUT2D eigenvalue weighted by atomic mass is 9.96. The van der Waals surface area contributed by atoms with Crippen LogP contribution in [0.2, 0.25) is 0 Å². The molecule has 0 rings (SSSR count). The van der Waals surface area contributed by atoms with E-state index in [1.807, 2.05) is 13.8 Å². The summed E-state index contributed by atoms with van der Waals surface area (Å²) in [5, 5.41) is 11.8. The van der Waals surface area contributed by atoms with Gasteiger partial charge in [-0.15, -0.1) is 0 Å². The van der Waals surface area contributed by atoms with E-state index in [2.05, 4.69) is 5.32 Å². The van der Waals surface area contributed by atoms with Gasteiger partial charge in [-0.25, -0.2) is 9.59 Å². The average molecular weight is 302 g/mol. The smallest absolute Gasteiger partial charge is 0.329 e. The second-order valence-electron chi connectivity index (χ2n) is 5.04. The minimum atomic E-state index is -1.34. The summed E-state index contributed by atoms with van der Waals surface area (Å²) in [6.45, 7) is 7.27. The number of amides is 2. The number of carboxylic acid groups (broad SMARTS) is 1. The number of ether oxygens (including phenoxy) is 1. The molecule has 0 aromatic heterocycles. The summed E-state index contributed by atoms with van der Waals surface area (Å²) < 4.78 is 4.82.